The second-order valence-electron chi connectivity index (χ2n) is 9.10. The molecule has 0 saturated carbocycles. The number of fused-ring (bicyclic) bond motifs is 1. The number of rotatable bonds is 8. The van der Waals surface area contributed by atoms with Gasteiger partial charge >= 0.3 is 5.97 Å². The molecule has 1 aliphatic rings. The molecule has 2 heterocycles. The third-order valence-corrected chi connectivity index (χ3v) is 7.13. The summed E-state index contributed by atoms with van der Waals surface area (Å²) in [7, 11) is 3.18. The molecule has 4 rings (SSSR count). The highest BCUT2D eigenvalue weighted by Gasteiger charge is 2.34. The average molecular weight is 537 g/mol. The summed E-state index contributed by atoms with van der Waals surface area (Å²) in [5, 5.41) is 0. The third kappa shape index (κ3) is 5.24. The van der Waals surface area contributed by atoms with Gasteiger partial charge < -0.3 is 18.9 Å². The summed E-state index contributed by atoms with van der Waals surface area (Å²) in [5.74, 6) is 1.31. The maximum absolute atomic E-state index is 13.9. The lowest BCUT2D eigenvalue weighted by Crippen LogP contribution is -2.40. The molecule has 3 aromatic rings. The molecule has 0 bridgehead atoms. The molecular formula is C29H32N2O6S. The van der Waals surface area contributed by atoms with Gasteiger partial charge in [-0.15, -0.1) is 0 Å². The number of methoxy groups -OCH3 is 2. The Kier molecular flexibility index (Phi) is 8.06. The van der Waals surface area contributed by atoms with Gasteiger partial charge in [0, 0.05) is 0 Å². The van der Waals surface area contributed by atoms with E-state index in [0.29, 0.717) is 37.7 Å². The summed E-state index contributed by atoms with van der Waals surface area (Å²) in [6.45, 7) is 9.54. The van der Waals surface area contributed by atoms with Crippen molar-refractivity contribution in [2.75, 3.05) is 20.8 Å². The van der Waals surface area contributed by atoms with Crippen LogP contribution in [0.5, 0.6) is 17.2 Å². The van der Waals surface area contributed by atoms with Crippen molar-refractivity contribution < 1.29 is 23.7 Å². The van der Waals surface area contributed by atoms with E-state index in [1.165, 1.54) is 11.3 Å². The summed E-state index contributed by atoms with van der Waals surface area (Å²) in [4.78, 5) is 32.2. The van der Waals surface area contributed by atoms with Gasteiger partial charge in [-0.05, 0) is 81.7 Å². The molecule has 0 unspecified atom stereocenters. The van der Waals surface area contributed by atoms with Crippen LogP contribution in [0, 0.1) is 6.92 Å². The first-order valence-corrected chi connectivity index (χ1v) is 13.2. The zero-order chi connectivity index (χ0) is 27.6. The first-order chi connectivity index (χ1) is 18.2. The van der Waals surface area contributed by atoms with Gasteiger partial charge in [-0.3, -0.25) is 9.36 Å². The van der Waals surface area contributed by atoms with Crippen molar-refractivity contribution in [1.29, 1.82) is 0 Å². The molecule has 1 aromatic heterocycles. The van der Waals surface area contributed by atoms with E-state index in [-0.39, 0.29) is 18.3 Å². The fourth-order valence-corrected chi connectivity index (χ4v) is 5.43. The molecule has 0 saturated heterocycles. The smallest absolute Gasteiger partial charge is 0.338 e. The Labute approximate surface area is 225 Å². The van der Waals surface area contributed by atoms with Crippen LogP contribution >= 0.6 is 11.3 Å². The maximum Gasteiger partial charge on any atom is 0.338 e. The van der Waals surface area contributed by atoms with Crippen LogP contribution in [0.4, 0.5) is 0 Å². The van der Waals surface area contributed by atoms with Crippen LogP contribution in [0.1, 0.15) is 50.4 Å². The maximum atomic E-state index is 13.9. The quantitative estimate of drug-likeness (QED) is 0.406. The van der Waals surface area contributed by atoms with Gasteiger partial charge in [0.15, 0.2) is 16.3 Å². The standard InChI is InChI=1S/C29H32N2O6S/c1-8-36-28(33)25-18(5)30-29-31(26(25)20-10-12-22(37-16(2)3)23(14-20)35-7)27(32)24(38-29)15-19-9-11-21(34-6)13-17(19)4/h9-16,26H,8H2,1-7H3/b24-15-/t26-/m0/s1. The van der Waals surface area contributed by atoms with E-state index in [1.54, 1.807) is 44.8 Å². The zero-order valence-electron chi connectivity index (χ0n) is 22.7. The van der Waals surface area contributed by atoms with Gasteiger partial charge in [-0.2, -0.15) is 0 Å². The Morgan fingerprint density at radius 1 is 1.11 bits per heavy atom. The Balaban J connectivity index is 1.94. The Morgan fingerprint density at radius 2 is 1.87 bits per heavy atom. The number of benzene rings is 2. The molecule has 0 aliphatic carbocycles. The average Bonchev–Trinajstić information content (AvgIpc) is 3.18. The second-order valence-corrected chi connectivity index (χ2v) is 10.1. The van der Waals surface area contributed by atoms with E-state index >= 15 is 0 Å². The highest BCUT2D eigenvalue weighted by molar-refractivity contribution is 7.07. The Bertz CT molecular complexity index is 1580. The van der Waals surface area contributed by atoms with Gasteiger partial charge in [-0.1, -0.05) is 23.5 Å². The fourth-order valence-electron chi connectivity index (χ4n) is 4.39. The van der Waals surface area contributed by atoms with Crippen molar-refractivity contribution in [3.63, 3.8) is 0 Å². The summed E-state index contributed by atoms with van der Waals surface area (Å²) < 4.78 is 24.2. The molecule has 0 radical (unpaired) electrons. The van der Waals surface area contributed by atoms with Crippen LogP contribution in [-0.4, -0.2) is 37.5 Å². The molecule has 0 N–H and O–H groups in total. The fraction of sp³-hybridized carbons (Fsp3) is 0.345. The number of hydrogen-bond donors (Lipinski definition) is 0. The highest BCUT2D eigenvalue weighted by atomic mass is 32.1. The summed E-state index contributed by atoms with van der Waals surface area (Å²) in [6, 6.07) is 10.4. The van der Waals surface area contributed by atoms with Crippen LogP contribution in [0.3, 0.4) is 0 Å². The number of thiazole rings is 1. The van der Waals surface area contributed by atoms with Crippen molar-refractivity contribution in [2.24, 2.45) is 4.99 Å². The minimum absolute atomic E-state index is 0.0499. The van der Waals surface area contributed by atoms with E-state index in [9.17, 15) is 9.59 Å². The molecule has 38 heavy (non-hydrogen) atoms. The number of hydrogen-bond acceptors (Lipinski definition) is 8. The highest BCUT2D eigenvalue weighted by Crippen LogP contribution is 2.36. The van der Waals surface area contributed by atoms with E-state index in [2.05, 4.69) is 4.99 Å². The number of aromatic nitrogens is 1. The van der Waals surface area contributed by atoms with Gasteiger partial charge in [-0.25, -0.2) is 9.79 Å². The predicted molar refractivity (Wildman–Crippen MR) is 147 cm³/mol. The lowest BCUT2D eigenvalue weighted by atomic mass is 9.95. The van der Waals surface area contributed by atoms with Crippen molar-refractivity contribution in [2.45, 2.75) is 46.8 Å². The molecule has 200 valence electrons. The van der Waals surface area contributed by atoms with Crippen molar-refractivity contribution >= 4 is 23.4 Å². The van der Waals surface area contributed by atoms with Gasteiger partial charge in [0.25, 0.3) is 5.56 Å². The van der Waals surface area contributed by atoms with Crippen LogP contribution in [0.2, 0.25) is 0 Å². The third-order valence-electron chi connectivity index (χ3n) is 6.15. The first kappa shape index (κ1) is 27.2. The number of ether oxygens (including phenoxy) is 4. The van der Waals surface area contributed by atoms with Gasteiger partial charge in [0.05, 0.1) is 48.8 Å². The Morgan fingerprint density at radius 3 is 2.50 bits per heavy atom. The number of allylic oxidation sites excluding steroid dienone is 1. The Hall–Kier alpha value is -3.85. The minimum Gasteiger partial charge on any atom is -0.497 e. The number of carbonyl (C=O) groups is 1. The summed E-state index contributed by atoms with van der Waals surface area (Å²) >= 11 is 1.28. The summed E-state index contributed by atoms with van der Waals surface area (Å²) in [5.41, 5.74) is 3.12. The van der Waals surface area contributed by atoms with E-state index in [0.717, 1.165) is 16.9 Å². The summed E-state index contributed by atoms with van der Waals surface area (Å²) in [6.07, 6.45) is 1.80. The lowest BCUT2D eigenvalue weighted by molar-refractivity contribution is -0.139. The number of carbonyl (C=O) groups excluding carboxylic acids is 1. The second kappa shape index (κ2) is 11.3. The molecule has 9 heteroatoms. The molecule has 2 aromatic carbocycles. The minimum atomic E-state index is -0.744. The number of esters is 1. The SMILES string of the molecule is CCOC(=O)C1=C(C)N=c2s/c(=C\c3ccc(OC)cc3C)c(=O)n2[C@H]1c1ccc(OC(C)C)c(OC)c1. The van der Waals surface area contributed by atoms with Crippen LogP contribution < -0.4 is 29.1 Å². The van der Waals surface area contributed by atoms with Crippen LogP contribution in [0.15, 0.2) is 57.5 Å². The van der Waals surface area contributed by atoms with Crippen LogP contribution in [0.25, 0.3) is 6.08 Å². The molecule has 0 spiro atoms. The largest absolute Gasteiger partial charge is 0.497 e. The normalized spacial score (nSPS) is 15.3. The topological polar surface area (TPSA) is 88.4 Å². The van der Waals surface area contributed by atoms with Gasteiger partial charge in [0.1, 0.15) is 5.75 Å². The van der Waals surface area contributed by atoms with E-state index in [1.807, 2.05) is 51.1 Å². The monoisotopic (exact) mass is 536 g/mol. The molecule has 1 aliphatic heterocycles. The number of nitrogens with zero attached hydrogens (tertiary/aromatic N) is 2. The number of aryl methyl sites for hydroxylation is 1. The van der Waals surface area contributed by atoms with Crippen molar-refractivity contribution in [3.05, 3.63) is 84.0 Å². The van der Waals surface area contributed by atoms with Crippen LogP contribution in [-0.2, 0) is 9.53 Å². The molecule has 8 nitrogen and oxygen atoms in total. The van der Waals surface area contributed by atoms with E-state index < -0.39 is 12.0 Å². The molecular weight excluding hydrogens is 504 g/mol. The van der Waals surface area contributed by atoms with Crippen molar-refractivity contribution in [1.82, 2.24) is 4.57 Å². The van der Waals surface area contributed by atoms with E-state index in [4.69, 9.17) is 18.9 Å². The molecule has 1 atom stereocenters. The zero-order valence-corrected chi connectivity index (χ0v) is 23.5. The molecule has 0 amide bonds. The van der Waals surface area contributed by atoms with Gasteiger partial charge in [0.2, 0.25) is 0 Å². The van der Waals surface area contributed by atoms with Crippen molar-refractivity contribution in [3.8, 4) is 17.2 Å². The predicted octanol–water partition coefficient (Wildman–Crippen LogP) is 3.91. The molecule has 0 fully saturated rings. The lowest BCUT2D eigenvalue weighted by Gasteiger charge is -2.25. The first-order valence-electron chi connectivity index (χ1n) is 12.4.